The maximum absolute atomic E-state index is 12.2. The molecule has 1 aliphatic carbocycles. The Kier molecular flexibility index (Phi) is 12.6. The minimum Gasteiger partial charge on any atom is -0.748 e. The third-order valence-electron chi connectivity index (χ3n) is 12.1. The zero-order valence-electron chi connectivity index (χ0n) is 33.8. The molecule has 0 bridgehead atoms. The van der Waals surface area contributed by atoms with Gasteiger partial charge in [0.15, 0.2) is 0 Å². The molecule has 0 unspecified atom stereocenters. The van der Waals surface area contributed by atoms with Crippen LogP contribution in [-0.2, 0) is 46.0 Å². The number of hydrogen-bond donors (Lipinski definition) is 3. The van der Waals surface area contributed by atoms with Gasteiger partial charge in [-0.3, -0.25) is 13.9 Å². The molecule has 1 saturated heterocycles. The highest BCUT2D eigenvalue weighted by molar-refractivity contribution is 7.86. The van der Waals surface area contributed by atoms with Gasteiger partial charge >= 0.3 is 5.97 Å². The van der Waals surface area contributed by atoms with E-state index in [1.54, 1.807) is 6.07 Å². The topological polar surface area (TPSA) is 213 Å². The predicted octanol–water partition coefficient (Wildman–Crippen LogP) is 5.79. The van der Waals surface area contributed by atoms with Crippen LogP contribution in [0.1, 0.15) is 83.8 Å². The first-order chi connectivity index (χ1) is 27.5. The molecular weight excluding hydrogens is 819 g/mol. The molecule has 320 valence electrons. The van der Waals surface area contributed by atoms with Crippen LogP contribution in [0.2, 0.25) is 0 Å². The highest BCUT2D eigenvalue weighted by Gasteiger charge is 2.42. The molecule has 2 aromatic carbocycles. The summed E-state index contributed by atoms with van der Waals surface area (Å²) in [5, 5.41) is 9.80. The monoisotopic (exact) mass is 871 g/mol. The highest BCUT2D eigenvalue weighted by atomic mass is 32.2. The molecule has 2 aromatic rings. The summed E-state index contributed by atoms with van der Waals surface area (Å²) >= 11 is 0. The van der Waals surface area contributed by atoms with Crippen LogP contribution in [0.15, 0.2) is 94.2 Å². The summed E-state index contributed by atoms with van der Waals surface area (Å²) in [4.78, 5) is 15.7. The normalized spacial score (nSPS) is 23.4. The van der Waals surface area contributed by atoms with E-state index in [4.69, 9.17) is 0 Å². The lowest BCUT2D eigenvalue weighted by atomic mass is 9.82. The van der Waals surface area contributed by atoms with Crippen molar-refractivity contribution in [2.45, 2.75) is 88.4 Å². The lowest BCUT2D eigenvalue weighted by molar-refractivity contribution is -0.539. The Morgan fingerprint density at radius 2 is 1.31 bits per heavy atom. The molecule has 0 radical (unpaired) electrons. The van der Waals surface area contributed by atoms with Crippen molar-refractivity contribution in [1.82, 2.24) is 0 Å². The first kappa shape index (κ1) is 44.4. The van der Waals surface area contributed by atoms with Gasteiger partial charge in [0.05, 0.1) is 26.7 Å². The molecule has 59 heavy (non-hydrogen) atoms. The maximum Gasteiger partial charge on any atom is 0.306 e. The zero-order valence-corrected chi connectivity index (χ0v) is 36.2. The molecule has 0 atom stereocenters. The fourth-order valence-corrected chi connectivity index (χ4v) is 10.6. The predicted molar refractivity (Wildman–Crippen MR) is 225 cm³/mol. The second kappa shape index (κ2) is 16.7. The van der Waals surface area contributed by atoms with Gasteiger partial charge in [-0.2, -0.15) is 16.8 Å². The zero-order chi connectivity index (χ0) is 43.1. The minimum atomic E-state index is -4.52. The number of para-hydroxylation sites is 1. The Hall–Kier alpha value is -4.13. The summed E-state index contributed by atoms with van der Waals surface area (Å²) in [7, 11) is -13.2. The molecule has 3 N–H and O–H groups in total. The number of hydrogen-bond acceptors (Lipinski definition) is 10. The van der Waals surface area contributed by atoms with Crippen molar-refractivity contribution in [3.8, 4) is 0 Å². The van der Waals surface area contributed by atoms with Crippen LogP contribution in [0.25, 0.3) is 0 Å². The van der Waals surface area contributed by atoms with Crippen LogP contribution >= 0.6 is 0 Å². The number of piperidine rings is 1. The molecule has 0 aromatic heterocycles. The van der Waals surface area contributed by atoms with Crippen LogP contribution < -0.4 is 9.80 Å². The largest absolute Gasteiger partial charge is 0.748 e. The second-order valence-corrected chi connectivity index (χ2v) is 21.3. The molecule has 6 rings (SSSR count). The van der Waals surface area contributed by atoms with E-state index in [0.29, 0.717) is 50.1 Å². The van der Waals surface area contributed by atoms with Crippen molar-refractivity contribution in [3.05, 3.63) is 100 Å². The Morgan fingerprint density at radius 3 is 1.83 bits per heavy atom. The molecule has 2 fully saturated rings. The lowest BCUT2D eigenvalue weighted by Gasteiger charge is -2.28. The van der Waals surface area contributed by atoms with E-state index in [9.17, 15) is 48.8 Å². The smallest absolute Gasteiger partial charge is 0.306 e. The second-order valence-electron chi connectivity index (χ2n) is 16.8. The van der Waals surface area contributed by atoms with Crippen molar-refractivity contribution >= 4 is 53.4 Å². The standard InChI is InChI=1S/C42H53N3O11S3/c1-41(2)33-12-5-6-13-35(33)44(22-8-26-57(48,49)50)37(41)18-14-29-10-7-11-30(39(29)43-24-20-31(21-25-43)40(46)47)15-19-38-42(3,4)34-28-32(59(54,55)56)16-17-36(34)45(38)23-9-27-58(51,52)53/h5-6,12-19,28,31H,7-11,20-27H2,1-4H3,(H3-,46,47,48,49,50,51,52,53,54,55,56). The number of rotatable bonds is 12. The van der Waals surface area contributed by atoms with Gasteiger partial charge in [0.1, 0.15) is 13.1 Å². The summed E-state index contributed by atoms with van der Waals surface area (Å²) in [5.41, 5.74) is 6.82. The third kappa shape index (κ3) is 9.76. The average molecular weight is 872 g/mol. The summed E-state index contributed by atoms with van der Waals surface area (Å²) in [6.45, 7) is 9.65. The molecule has 3 aliphatic heterocycles. The van der Waals surface area contributed by atoms with Crippen molar-refractivity contribution < 1.29 is 53.4 Å². The van der Waals surface area contributed by atoms with E-state index in [2.05, 4.69) is 41.5 Å². The molecule has 0 amide bonds. The lowest BCUT2D eigenvalue weighted by Crippen LogP contribution is -2.36. The summed E-state index contributed by atoms with van der Waals surface area (Å²) in [6.07, 6.45) is 11.6. The number of carboxylic acids is 1. The van der Waals surface area contributed by atoms with Gasteiger partial charge in [-0.25, -0.2) is 13.0 Å². The number of benzene rings is 2. The molecule has 1 saturated carbocycles. The Morgan fingerprint density at radius 1 is 0.780 bits per heavy atom. The molecule has 14 nitrogen and oxygen atoms in total. The van der Waals surface area contributed by atoms with Crippen LogP contribution in [-0.4, -0.2) is 98.0 Å². The summed E-state index contributed by atoms with van der Waals surface area (Å²) in [6, 6.07) is 12.3. The van der Waals surface area contributed by atoms with Gasteiger partial charge in [0.25, 0.3) is 20.2 Å². The molecule has 4 aliphatic rings. The molecule has 3 heterocycles. The van der Waals surface area contributed by atoms with E-state index >= 15 is 0 Å². The van der Waals surface area contributed by atoms with Crippen LogP contribution in [0, 0.1) is 5.92 Å². The Bertz CT molecular complexity index is 2510. The van der Waals surface area contributed by atoms with Gasteiger partial charge in [0.2, 0.25) is 5.71 Å². The number of carboxylic acid groups (broad SMARTS) is 1. The van der Waals surface area contributed by atoms with Gasteiger partial charge in [-0.1, -0.05) is 58.0 Å². The minimum absolute atomic E-state index is 0.0870. The van der Waals surface area contributed by atoms with Crippen LogP contribution in [0.5, 0.6) is 0 Å². The van der Waals surface area contributed by atoms with Gasteiger partial charge in [-0.05, 0) is 79.6 Å². The number of allylic oxidation sites excluding steroid dienone is 8. The fourth-order valence-electron chi connectivity index (χ4n) is 9.09. The maximum atomic E-state index is 12.2. The summed E-state index contributed by atoms with van der Waals surface area (Å²) < 4.78 is 104. The van der Waals surface area contributed by atoms with Gasteiger partial charge < -0.3 is 19.5 Å². The Balaban J connectivity index is 1.45. The van der Waals surface area contributed by atoms with E-state index in [0.717, 1.165) is 52.3 Å². The molecule has 0 spiro atoms. The van der Waals surface area contributed by atoms with E-state index < -0.39 is 64.6 Å². The number of anilines is 2. The van der Waals surface area contributed by atoms with E-state index in [-0.39, 0.29) is 24.3 Å². The molecular formula is C42H53N3O11S3. The number of aliphatic carboxylic acids is 1. The van der Waals surface area contributed by atoms with Crippen LogP contribution in [0.3, 0.4) is 0 Å². The number of fused-ring (bicyclic) bond motifs is 2. The van der Waals surface area contributed by atoms with Gasteiger partial charge in [0, 0.05) is 76.4 Å². The highest BCUT2D eigenvalue weighted by Crippen LogP contribution is 2.50. The first-order valence-electron chi connectivity index (χ1n) is 19.8. The van der Waals surface area contributed by atoms with Crippen LogP contribution in [0.4, 0.5) is 11.4 Å². The van der Waals surface area contributed by atoms with Crippen molar-refractivity contribution in [1.29, 1.82) is 0 Å². The Labute approximate surface area is 347 Å². The van der Waals surface area contributed by atoms with E-state index in [1.807, 2.05) is 49.1 Å². The quantitative estimate of drug-likeness (QED) is 0.170. The fraction of sp³-hybridized carbons (Fsp3) is 0.476. The average Bonchev–Trinajstić information content (AvgIpc) is 3.49. The van der Waals surface area contributed by atoms with Crippen molar-refractivity contribution in [2.75, 3.05) is 47.5 Å². The first-order valence-corrected chi connectivity index (χ1v) is 24.4. The van der Waals surface area contributed by atoms with E-state index in [1.165, 1.54) is 12.1 Å². The number of carbonyl (C=O) groups is 1. The number of nitrogens with zero attached hydrogens (tertiary/aromatic N) is 3. The van der Waals surface area contributed by atoms with Crippen molar-refractivity contribution in [3.63, 3.8) is 0 Å². The molecule has 17 heteroatoms. The van der Waals surface area contributed by atoms with Crippen molar-refractivity contribution in [2.24, 2.45) is 5.92 Å². The SMILES string of the molecule is CC1(C)/C(=C/C=C2\CCC/C(=C\C=C3/N(CCCS(=O)(=O)O)c4ccc(S(=O)(=O)O)cc4C3(C)C)C2=[N+]2CCC(C(=O)O)CC2)N(CCCS(=O)(=O)[O-])c2ccccc21. The van der Waals surface area contributed by atoms with Gasteiger partial charge in [-0.15, -0.1) is 0 Å². The third-order valence-corrected chi connectivity index (χ3v) is 14.5. The summed E-state index contributed by atoms with van der Waals surface area (Å²) in [5.74, 6) is -2.22.